The lowest BCUT2D eigenvalue weighted by atomic mass is 10.1. The first-order chi connectivity index (χ1) is 16.9. The number of nitrogens with zero attached hydrogens (tertiary/aromatic N) is 4. The molecule has 0 aliphatic heterocycles. The Bertz CT molecular complexity index is 1740. The van der Waals surface area contributed by atoms with E-state index in [4.69, 9.17) is 9.40 Å². The van der Waals surface area contributed by atoms with Gasteiger partial charge in [0.25, 0.3) is 0 Å². The number of para-hydroxylation sites is 3. The third-order valence-corrected chi connectivity index (χ3v) is 5.97. The predicted molar refractivity (Wildman–Crippen MR) is 138 cm³/mol. The molecule has 0 fully saturated rings. The smallest absolute Gasteiger partial charge is 0.238 e. The summed E-state index contributed by atoms with van der Waals surface area (Å²) >= 11 is 0. The highest BCUT2D eigenvalue weighted by Gasteiger charge is 2.15. The van der Waals surface area contributed by atoms with Gasteiger partial charge in [-0.1, -0.05) is 68.4 Å². The van der Waals surface area contributed by atoms with Crippen molar-refractivity contribution in [3.8, 4) is 17.3 Å². The maximum atomic E-state index is 5.97. The van der Waals surface area contributed by atoms with Crippen LogP contribution < -0.4 is 0 Å². The van der Waals surface area contributed by atoms with E-state index in [9.17, 15) is 0 Å². The zero-order valence-electron chi connectivity index (χ0n) is 18.9. The van der Waals surface area contributed by atoms with Gasteiger partial charge in [-0.15, -0.1) is 0 Å². The first kappa shape index (κ1) is 20.1. The minimum Gasteiger partial charge on any atom is -0.456 e. The maximum Gasteiger partial charge on any atom is 0.238 e. The molecule has 5 heteroatoms. The Balaban J connectivity index is 0.00000106. The number of fused-ring (bicyclic) bond motifs is 6. The van der Waals surface area contributed by atoms with E-state index in [1.807, 2.05) is 56.3 Å². The molecule has 0 spiro atoms. The van der Waals surface area contributed by atoms with Gasteiger partial charge in [-0.2, -0.15) is 4.98 Å². The molecule has 0 aliphatic rings. The molecule has 0 radical (unpaired) electrons. The summed E-state index contributed by atoms with van der Waals surface area (Å²) in [6.45, 7) is 4.00. The standard InChI is InChI=1S/C27H16N4O.C2H6/c1-4-10-22-18(7-1)19-8-2-5-11-23(19)31(22)27-29-16-28-26(30-27)17-13-14-25-21(15-17)20-9-3-6-12-24(20)32-25;1-2/h1-16H;1-2H3. The number of hydrogen-bond donors (Lipinski definition) is 0. The Morgan fingerprint density at radius 1 is 0.618 bits per heavy atom. The van der Waals surface area contributed by atoms with E-state index in [-0.39, 0.29) is 0 Å². The van der Waals surface area contributed by atoms with Gasteiger partial charge in [-0.3, -0.25) is 4.57 Å². The van der Waals surface area contributed by atoms with Crippen molar-refractivity contribution in [3.63, 3.8) is 0 Å². The molecule has 0 saturated heterocycles. The van der Waals surface area contributed by atoms with Crippen LogP contribution in [0.2, 0.25) is 0 Å². The van der Waals surface area contributed by atoms with E-state index in [0.29, 0.717) is 11.8 Å². The number of hydrogen-bond acceptors (Lipinski definition) is 4. The van der Waals surface area contributed by atoms with Crippen molar-refractivity contribution in [2.75, 3.05) is 0 Å². The normalized spacial score (nSPS) is 11.2. The van der Waals surface area contributed by atoms with E-state index in [0.717, 1.165) is 38.5 Å². The van der Waals surface area contributed by atoms with Crippen molar-refractivity contribution in [2.24, 2.45) is 0 Å². The van der Waals surface area contributed by atoms with Crippen LogP contribution in [0.25, 0.3) is 61.1 Å². The molecule has 0 bridgehead atoms. The molecule has 0 aliphatic carbocycles. The third-order valence-electron chi connectivity index (χ3n) is 5.97. The van der Waals surface area contributed by atoms with Crippen molar-refractivity contribution in [1.82, 2.24) is 19.5 Å². The summed E-state index contributed by atoms with van der Waals surface area (Å²) < 4.78 is 8.06. The van der Waals surface area contributed by atoms with Gasteiger partial charge in [0, 0.05) is 27.1 Å². The molecule has 4 aromatic carbocycles. The van der Waals surface area contributed by atoms with E-state index in [2.05, 4.69) is 63.1 Å². The van der Waals surface area contributed by atoms with Crippen LogP contribution in [0.3, 0.4) is 0 Å². The Hall–Kier alpha value is -4.51. The fourth-order valence-electron chi connectivity index (χ4n) is 4.54. The second-order valence-electron chi connectivity index (χ2n) is 7.79. The summed E-state index contributed by atoms with van der Waals surface area (Å²) in [6.07, 6.45) is 1.58. The molecular formula is C29H22N4O. The summed E-state index contributed by atoms with van der Waals surface area (Å²) in [5, 5.41) is 4.49. The number of aromatic nitrogens is 4. The zero-order chi connectivity index (χ0) is 23.1. The molecule has 0 saturated carbocycles. The first-order valence-corrected chi connectivity index (χ1v) is 11.5. The van der Waals surface area contributed by atoms with E-state index in [1.165, 1.54) is 10.8 Å². The number of rotatable bonds is 2. The van der Waals surface area contributed by atoms with Gasteiger partial charge in [-0.25, -0.2) is 9.97 Å². The maximum absolute atomic E-state index is 5.97. The number of benzene rings is 4. The lowest BCUT2D eigenvalue weighted by Gasteiger charge is -2.07. The fraction of sp³-hybridized carbons (Fsp3) is 0.0690. The van der Waals surface area contributed by atoms with Crippen LogP contribution in [0, 0.1) is 0 Å². The molecule has 3 aromatic heterocycles. The molecule has 7 rings (SSSR count). The average molecular weight is 443 g/mol. The largest absolute Gasteiger partial charge is 0.456 e. The minimum atomic E-state index is 0.601. The van der Waals surface area contributed by atoms with Crippen molar-refractivity contribution in [1.29, 1.82) is 0 Å². The van der Waals surface area contributed by atoms with E-state index < -0.39 is 0 Å². The Morgan fingerprint density at radius 2 is 1.24 bits per heavy atom. The Kier molecular flexibility index (Phi) is 4.81. The summed E-state index contributed by atoms with van der Waals surface area (Å²) in [6, 6.07) is 30.8. The summed E-state index contributed by atoms with van der Waals surface area (Å²) in [5.74, 6) is 1.23. The van der Waals surface area contributed by atoms with Gasteiger partial charge in [0.15, 0.2) is 5.82 Å². The molecule has 7 aromatic rings. The van der Waals surface area contributed by atoms with Crippen LogP contribution in [0.15, 0.2) is 102 Å². The number of furan rings is 1. The lowest BCUT2D eigenvalue weighted by Crippen LogP contribution is -2.03. The van der Waals surface area contributed by atoms with Crippen molar-refractivity contribution < 1.29 is 4.42 Å². The minimum absolute atomic E-state index is 0.601. The zero-order valence-corrected chi connectivity index (χ0v) is 18.9. The van der Waals surface area contributed by atoms with Gasteiger partial charge in [0.2, 0.25) is 5.95 Å². The Labute approximate surface area is 196 Å². The molecule has 0 amide bonds. The molecule has 0 N–H and O–H groups in total. The van der Waals surface area contributed by atoms with Gasteiger partial charge >= 0.3 is 0 Å². The second kappa shape index (κ2) is 8.12. The highest BCUT2D eigenvalue weighted by molar-refractivity contribution is 6.09. The van der Waals surface area contributed by atoms with Crippen LogP contribution in [0.4, 0.5) is 0 Å². The van der Waals surface area contributed by atoms with E-state index >= 15 is 0 Å². The van der Waals surface area contributed by atoms with Crippen LogP contribution in [-0.4, -0.2) is 19.5 Å². The van der Waals surface area contributed by atoms with Crippen LogP contribution in [-0.2, 0) is 0 Å². The lowest BCUT2D eigenvalue weighted by molar-refractivity contribution is 0.669. The molecular weight excluding hydrogens is 420 g/mol. The van der Waals surface area contributed by atoms with Gasteiger partial charge in [0.05, 0.1) is 11.0 Å². The summed E-state index contributed by atoms with van der Waals surface area (Å²) in [7, 11) is 0. The monoisotopic (exact) mass is 442 g/mol. The SMILES string of the molecule is CC.c1ccc2c(c1)oc1ccc(-c3ncnc(-n4c5ccccc5c5ccccc54)n3)cc12. The van der Waals surface area contributed by atoms with Gasteiger partial charge in [-0.05, 0) is 36.4 Å². The summed E-state index contributed by atoms with van der Waals surface area (Å²) in [5.41, 5.74) is 4.80. The third kappa shape index (κ3) is 3.05. The highest BCUT2D eigenvalue weighted by Crippen LogP contribution is 2.33. The van der Waals surface area contributed by atoms with Gasteiger partial charge < -0.3 is 4.42 Å². The molecule has 0 unspecified atom stereocenters. The van der Waals surface area contributed by atoms with Crippen LogP contribution in [0.5, 0.6) is 0 Å². The molecule has 5 nitrogen and oxygen atoms in total. The quantitative estimate of drug-likeness (QED) is 0.277. The second-order valence-corrected chi connectivity index (χ2v) is 7.79. The van der Waals surface area contributed by atoms with Crippen molar-refractivity contribution in [2.45, 2.75) is 13.8 Å². The molecule has 0 atom stereocenters. The molecule has 164 valence electrons. The Morgan fingerprint density at radius 3 is 1.97 bits per heavy atom. The van der Waals surface area contributed by atoms with Crippen LogP contribution in [0.1, 0.15) is 13.8 Å². The van der Waals surface area contributed by atoms with Crippen molar-refractivity contribution >= 4 is 43.7 Å². The first-order valence-electron chi connectivity index (χ1n) is 11.5. The fourth-order valence-corrected chi connectivity index (χ4v) is 4.54. The van der Waals surface area contributed by atoms with Crippen LogP contribution >= 0.6 is 0 Å². The van der Waals surface area contributed by atoms with Crippen molar-refractivity contribution in [3.05, 3.63) is 97.3 Å². The molecule has 3 heterocycles. The molecule has 34 heavy (non-hydrogen) atoms. The average Bonchev–Trinajstić information content (AvgIpc) is 3.45. The predicted octanol–water partition coefficient (Wildman–Crippen LogP) is 7.56. The topological polar surface area (TPSA) is 56.7 Å². The summed E-state index contributed by atoms with van der Waals surface area (Å²) in [4.78, 5) is 13.9. The van der Waals surface area contributed by atoms with Gasteiger partial charge in [0.1, 0.15) is 17.5 Å². The highest BCUT2D eigenvalue weighted by atomic mass is 16.3. The van der Waals surface area contributed by atoms with E-state index in [1.54, 1.807) is 6.33 Å².